The molecule has 0 amide bonds. The molecule has 0 bridgehead atoms. The van der Waals surface area contributed by atoms with Crippen LogP contribution in [0.4, 0.5) is 5.95 Å². The summed E-state index contributed by atoms with van der Waals surface area (Å²) in [6, 6.07) is 11.8. The first kappa shape index (κ1) is 16.7. The quantitative estimate of drug-likeness (QED) is 0.680. The summed E-state index contributed by atoms with van der Waals surface area (Å²) in [5, 5.41) is 3.04. The van der Waals surface area contributed by atoms with E-state index in [0.29, 0.717) is 30.0 Å². The molecule has 1 aliphatic heterocycles. The fourth-order valence-corrected chi connectivity index (χ4v) is 3.76. The number of benzene rings is 2. The fraction of sp³-hybridized carbons (Fsp3) is 0.222. The molecule has 8 heteroatoms. The summed E-state index contributed by atoms with van der Waals surface area (Å²) in [7, 11) is 1.62. The predicted octanol–water partition coefficient (Wildman–Crippen LogP) is 3.49. The van der Waals surface area contributed by atoms with Crippen molar-refractivity contribution in [1.82, 2.24) is 9.55 Å². The largest absolute Gasteiger partial charge is 0.492 e. The van der Waals surface area contributed by atoms with Crippen LogP contribution >= 0.6 is 15.9 Å². The molecule has 1 atom stereocenters. The van der Waals surface area contributed by atoms with Crippen molar-refractivity contribution < 1.29 is 9.47 Å². The number of halogens is 1. The second-order valence-corrected chi connectivity index (χ2v) is 6.63. The van der Waals surface area contributed by atoms with Gasteiger partial charge >= 0.3 is 0 Å². The number of nitrogens with one attached hydrogen (secondary N) is 1. The third-order valence-electron chi connectivity index (χ3n) is 4.18. The Bertz CT molecular complexity index is 1010. The van der Waals surface area contributed by atoms with Gasteiger partial charge in [0.15, 0.2) is 23.6 Å². The van der Waals surface area contributed by atoms with E-state index in [9.17, 15) is 0 Å². The number of aromatic nitrogens is 2. The predicted molar refractivity (Wildman–Crippen MR) is 105 cm³/mol. The number of imidazole rings is 1. The first-order chi connectivity index (χ1) is 12.6. The molecule has 1 aromatic heterocycles. The van der Waals surface area contributed by atoms with Crippen molar-refractivity contribution >= 4 is 38.9 Å². The third-order valence-corrected chi connectivity index (χ3v) is 4.76. The maximum Gasteiger partial charge on any atom is 0.212 e. The van der Waals surface area contributed by atoms with Crippen LogP contribution in [-0.4, -0.2) is 29.2 Å². The van der Waals surface area contributed by atoms with Crippen LogP contribution in [0.1, 0.15) is 18.7 Å². The van der Waals surface area contributed by atoms with E-state index in [4.69, 9.17) is 15.2 Å². The van der Waals surface area contributed by atoms with E-state index in [1.54, 1.807) is 7.11 Å². The lowest BCUT2D eigenvalue weighted by atomic mass is 10.1. The highest BCUT2D eigenvalue weighted by atomic mass is 79.9. The molecule has 2 heterocycles. The zero-order valence-electron chi connectivity index (χ0n) is 14.4. The van der Waals surface area contributed by atoms with Crippen LogP contribution < -0.4 is 20.5 Å². The van der Waals surface area contributed by atoms with E-state index in [1.807, 2.05) is 47.9 Å². The van der Waals surface area contributed by atoms with Gasteiger partial charge in [0.05, 0.1) is 29.2 Å². The van der Waals surface area contributed by atoms with Gasteiger partial charge in [-0.15, -0.1) is 0 Å². The van der Waals surface area contributed by atoms with Crippen molar-refractivity contribution in [3.05, 3.63) is 46.4 Å². The number of nitrogens with two attached hydrogens (primary N) is 1. The molecule has 3 N–H and O–H groups in total. The summed E-state index contributed by atoms with van der Waals surface area (Å²) in [5.74, 6) is 2.28. The number of rotatable bonds is 4. The number of guanidine groups is 1. The van der Waals surface area contributed by atoms with Gasteiger partial charge in [-0.2, -0.15) is 0 Å². The molecular formula is C18H18BrN5O2. The number of fused-ring (bicyclic) bond motifs is 3. The maximum absolute atomic E-state index is 6.01. The monoisotopic (exact) mass is 415 g/mol. The van der Waals surface area contributed by atoms with E-state index in [1.165, 1.54) is 0 Å². The van der Waals surface area contributed by atoms with Gasteiger partial charge in [0.2, 0.25) is 5.95 Å². The van der Waals surface area contributed by atoms with Gasteiger partial charge < -0.3 is 15.2 Å². The minimum Gasteiger partial charge on any atom is -0.492 e. The number of hydrogen-bond acceptors (Lipinski definition) is 6. The highest BCUT2D eigenvalue weighted by Gasteiger charge is 2.26. The van der Waals surface area contributed by atoms with Crippen molar-refractivity contribution in [2.24, 2.45) is 10.7 Å². The Kier molecular flexibility index (Phi) is 4.20. The average molecular weight is 416 g/mol. The number of ether oxygens (including phenoxy) is 2. The maximum atomic E-state index is 6.01. The molecule has 1 unspecified atom stereocenters. The average Bonchev–Trinajstić information content (AvgIpc) is 2.99. The van der Waals surface area contributed by atoms with Crippen LogP contribution in [0.2, 0.25) is 0 Å². The topological polar surface area (TPSA) is 86.7 Å². The summed E-state index contributed by atoms with van der Waals surface area (Å²) >= 11 is 3.57. The number of methoxy groups -OCH3 is 1. The van der Waals surface area contributed by atoms with E-state index in [2.05, 4.69) is 31.2 Å². The standard InChI is InChI=1S/C18H18BrN5O2/c1-3-26-14-9-10(8-11(19)15(14)25-2)16-22-17(20)23-18-21-12-6-4-5-7-13(12)24(16)18/h4-9,16H,3H2,1-2H3,(H3,20,21,22,23). The SMILES string of the molecule is CCOc1cc(C2N=C(N)Nc3nc4ccccc4n32)cc(Br)c1OC. The molecule has 0 fully saturated rings. The Hall–Kier alpha value is -2.74. The first-order valence-corrected chi connectivity index (χ1v) is 8.99. The molecule has 0 spiro atoms. The third kappa shape index (κ3) is 2.66. The van der Waals surface area contributed by atoms with Crippen molar-refractivity contribution in [3.63, 3.8) is 0 Å². The van der Waals surface area contributed by atoms with E-state index in [-0.39, 0.29) is 6.17 Å². The fourth-order valence-electron chi connectivity index (χ4n) is 3.14. The summed E-state index contributed by atoms with van der Waals surface area (Å²) < 4.78 is 14.0. The Labute approximate surface area is 159 Å². The summed E-state index contributed by atoms with van der Waals surface area (Å²) in [4.78, 5) is 9.22. The minimum absolute atomic E-state index is 0.322. The highest BCUT2D eigenvalue weighted by Crippen LogP contribution is 2.41. The smallest absolute Gasteiger partial charge is 0.212 e. The Morgan fingerprint density at radius 2 is 2.12 bits per heavy atom. The highest BCUT2D eigenvalue weighted by molar-refractivity contribution is 9.10. The van der Waals surface area contributed by atoms with Gasteiger partial charge in [0, 0.05) is 5.56 Å². The van der Waals surface area contributed by atoms with Crippen LogP contribution in [0.25, 0.3) is 11.0 Å². The van der Waals surface area contributed by atoms with Gasteiger partial charge in [-0.25, -0.2) is 9.98 Å². The summed E-state index contributed by atoms with van der Waals surface area (Å²) in [5.41, 5.74) is 8.77. The zero-order chi connectivity index (χ0) is 18.3. The second-order valence-electron chi connectivity index (χ2n) is 5.77. The number of hydrogen-bond donors (Lipinski definition) is 2. The molecule has 1 aliphatic rings. The van der Waals surface area contributed by atoms with Gasteiger partial charge in [0.25, 0.3) is 0 Å². The molecule has 2 aromatic carbocycles. The van der Waals surface area contributed by atoms with Crippen LogP contribution in [0.5, 0.6) is 11.5 Å². The zero-order valence-corrected chi connectivity index (χ0v) is 15.9. The number of para-hydroxylation sites is 2. The van der Waals surface area contributed by atoms with Gasteiger partial charge in [-0.3, -0.25) is 9.88 Å². The van der Waals surface area contributed by atoms with Gasteiger partial charge in [-0.05, 0) is 47.1 Å². The van der Waals surface area contributed by atoms with Crippen LogP contribution in [-0.2, 0) is 0 Å². The van der Waals surface area contributed by atoms with Crippen molar-refractivity contribution in [1.29, 1.82) is 0 Å². The summed E-state index contributed by atoms with van der Waals surface area (Å²) in [6.07, 6.45) is -0.361. The van der Waals surface area contributed by atoms with E-state index < -0.39 is 0 Å². The molecule has 134 valence electrons. The molecule has 0 saturated heterocycles. The minimum atomic E-state index is -0.361. The van der Waals surface area contributed by atoms with Crippen LogP contribution in [0.15, 0.2) is 45.9 Å². The normalized spacial score (nSPS) is 16.0. The molecular weight excluding hydrogens is 398 g/mol. The van der Waals surface area contributed by atoms with Gasteiger partial charge in [0.1, 0.15) is 0 Å². The van der Waals surface area contributed by atoms with E-state index in [0.717, 1.165) is 21.1 Å². The molecule has 0 radical (unpaired) electrons. The van der Waals surface area contributed by atoms with E-state index >= 15 is 0 Å². The van der Waals surface area contributed by atoms with Crippen LogP contribution in [0, 0.1) is 0 Å². The first-order valence-electron chi connectivity index (χ1n) is 8.20. The van der Waals surface area contributed by atoms with Crippen molar-refractivity contribution in [3.8, 4) is 11.5 Å². The molecule has 26 heavy (non-hydrogen) atoms. The lowest BCUT2D eigenvalue weighted by molar-refractivity contribution is 0.309. The lowest BCUT2D eigenvalue weighted by Crippen LogP contribution is -2.31. The Balaban J connectivity index is 1.92. The van der Waals surface area contributed by atoms with Crippen molar-refractivity contribution in [2.45, 2.75) is 13.1 Å². The number of aliphatic imine (C=N–C) groups is 1. The second kappa shape index (κ2) is 6.53. The molecule has 0 saturated carbocycles. The molecule has 3 aromatic rings. The number of nitrogens with zero attached hydrogens (tertiary/aromatic N) is 3. The number of anilines is 1. The Morgan fingerprint density at radius 1 is 1.31 bits per heavy atom. The van der Waals surface area contributed by atoms with Crippen molar-refractivity contribution in [2.75, 3.05) is 19.0 Å². The molecule has 4 rings (SSSR count). The summed E-state index contributed by atoms with van der Waals surface area (Å²) in [6.45, 7) is 2.46. The molecule has 0 aliphatic carbocycles. The van der Waals surface area contributed by atoms with Crippen LogP contribution in [0.3, 0.4) is 0 Å². The molecule has 7 nitrogen and oxygen atoms in total. The Morgan fingerprint density at radius 3 is 2.88 bits per heavy atom. The lowest BCUT2D eigenvalue weighted by Gasteiger charge is -2.25. The van der Waals surface area contributed by atoms with Gasteiger partial charge in [-0.1, -0.05) is 12.1 Å².